The van der Waals surface area contributed by atoms with E-state index in [4.69, 9.17) is 10.8 Å². The predicted molar refractivity (Wildman–Crippen MR) is 116 cm³/mol. The van der Waals surface area contributed by atoms with Gasteiger partial charge in [-0.1, -0.05) is 0 Å². The number of aliphatic hydroxyl groups is 1. The van der Waals surface area contributed by atoms with Crippen LogP contribution in [0.3, 0.4) is 0 Å². The molecule has 11 nitrogen and oxygen atoms in total. The molecule has 0 saturated carbocycles. The van der Waals surface area contributed by atoms with Gasteiger partial charge in [0.25, 0.3) is 5.91 Å². The number of piperazine rings is 1. The summed E-state index contributed by atoms with van der Waals surface area (Å²) in [6, 6.07) is -0.0168. The Morgan fingerprint density at radius 3 is 2.42 bits per heavy atom. The summed E-state index contributed by atoms with van der Waals surface area (Å²) in [4.78, 5) is 41.1. The third-order valence-electron chi connectivity index (χ3n) is 5.86. The Hall–Kier alpha value is -2.61. The Morgan fingerprint density at radius 1 is 1.21 bits per heavy atom. The van der Waals surface area contributed by atoms with Crippen LogP contribution in [0.25, 0.3) is 0 Å². The molecule has 182 valence electrons. The molecule has 0 aromatic heterocycles. The fourth-order valence-corrected chi connectivity index (χ4v) is 5.50. The van der Waals surface area contributed by atoms with Gasteiger partial charge in [0.05, 0.1) is 17.2 Å². The predicted octanol–water partition coefficient (Wildman–Crippen LogP) is -1.47. The molecule has 1 atom stereocenters. The third kappa shape index (κ3) is 5.49. The standard InChI is InChI=1S/C20H28FN5O6S/c1-13-15(26-4-2-3-17(26)28)11-14(21)12-16(13)33(31,32)23-18(19(22)29)20(30)25-7-5-24(6-8-25)9-10-27/h11-12,18,23,27H,2-10H2,1H3,(H2,22,29)/t18-/m0/s1. The fraction of sp³-hybridized carbons (Fsp3) is 0.550. The Bertz CT molecular complexity index is 1040. The third-order valence-corrected chi connectivity index (χ3v) is 7.40. The van der Waals surface area contributed by atoms with Crippen molar-refractivity contribution in [2.75, 3.05) is 50.8 Å². The average molecular weight is 486 g/mol. The highest BCUT2D eigenvalue weighted by molar-refractivity contribution is 7.89. The number of benzene rings is 1. The van der Waals surface area contributed by atoms with Gasteiger partial charge in [0.15, 0.2) is 6.04 Å². The Kier molecular flexibility index (Phi) is 7.67. The van der Waals surface area contributed by atoms with Gasteiger partial charge in [-0.05, 0) is 31.0 Å². The lowest BCUT2D eigenvalue weighted by molar-refractivity contribution is -0.139. The molecule has 2 aliphatic rings. The van der Waals surface area contributed by atoms with Crippen LogP contribution in [0.4, 0.5) is 10.1 Å². The number of aliphatic hydroxyl groups excluding tert-OH is 1. The van der Waals surface area contributed by atoms with Crippen molar-refractivity contribution in [1.29, 1.82) is 0 Å². The fourth-order valence-electron chi connectivity index (χ4n) is 4.07. The van der Waals surface area contributed by atoms with Crippen LogP contribution < -0.4 is 15.4 Å². The SMILES string of the molecule is Cc1c(N2CCCC2=O)cc(F)cc1S(=O)(=O)N[C@@H](C(N)=O)C(=O)N1CCN(CCO)CC1. The highest BCUT2D eigenvalue weighted by atomic mass is 32.2. The van der Waals surface area contributed by atoms with Crippen LogP contribution >= 0.6 is 0 Å². The van der Waals surface area contributed by atoms with E-state index in [-0.39, 0.29) is 43.3 Å². The zero-order valence-electron chi connectivity index (χ0n) is 18.3. The van der Waals surface area contributed by atoms with Crippen LogP contribution in [-0.2, 0) is 24.4 Å². The second-order valence-electron chi connectivity index (χ2n) is 8.04. The summed E-state index contributed by atoms with van der Waals surface area (Å²) in [5.74, 6) is -3.12. The van der Waals surface area contributed by atoms with Crippen molar-refractivity contribution < 1.29 is 32.3 Å². The van der Waals surface area contributed by atoms with E-state index >= 15 is 0 Å². The summed E-state index contributed by atoms with van der Waals surface area (Å²) in [5, 5.41) is 9.03. The molecule has 3 amide bonds. The average Bonchev–Trinajstić information content (AvgIpc) is 3.19. The van der Waals surface area contributed by atoms with Crippen LogP contribution in [-0.4, -0.2) is 93.0 Å². The topological polar surface area (TPSA) is 153 Å². The van der Waals surface area contributed by atoms with Crippen molar-refractivity contribution in [2.45, 2.75) is 30.7 Å². The second kappa shape index (κ2) is 10.1. The minimum Gasteiger partial charge on any atom is -0.395 e. The summed E-state index contributed by atoms with van der Waals surface area (Å²) >= 11 is 0. The number of rotatable bonds is 8. The van der Waals surface area contributed by atoms with Gasteiger partial charge in [-0.3, -0.25) is 19.3 Å². The minimum absolute atomic E-state index is 0.0321. The second-order valence-corrected chi connectivity index (χ2v) is 9.73. The molecule has 2 saturated heterocycles. The Labute approximate surface area is 191 Å². The summed E-state index contributed by atoms with van der Waals surface area (Å²) < 4.78 is 42.6. The van der Waals surface area contributed by atoms with Crippen molar-refractivity contribution in [2.24, 2.45) is 5.73 Å². The highest BCUT2D eigenvalue weighted by Crippen LogP contribution is 2.31. The lowest BCUT2D eigenvalue weighted by Gasteiger charge is -2.35. The Morgan fingerprint density at radius 2 is 1.88 bits per heavy atom. The molecule has 0 radical (unpaired) electrons. The van der Waals surface area contributed by atoms with E-state index < -0.39 is 38.6 Å². The molecule has 1 aromatic rings. The zero-order valence-corrected chi connectivity index (χ0v) is 19.1. The van der Waals surface area contributed by atoms with Crippen LogP contribution in [0.2, 0.25) is 0 Å². The van der Waals surface area contributed by atoms with Gasteiger partial charge < -0.3 is 20.6 Å². The van der Waals surface area contributed by atoms with Gasteiger partial charge in [-0.2, -0.15) is 4.72 Å². The molecule has 33 heavy (non-hydrogen) atoms. The number of hydrogen-bond donors (Lipinski definition) is 3. The first-order chi connectivity index (χ1) is 15.5. The highest BCUT2D eigenvalue weighted by Gasteiger charge is 2.36. The lowest BCUT2D eigenvalue weighted by Crippen LogP contribution is -2.58. The number of sulfonamides is 1. The summed E-state index contributed by atoms with van der Waals surface area (Å²) in [7, 11) is -4.55. The molecule has 2 aliphatic heterocycles. The number of nitrogens with two attached hydrogens (primary N) is 1. The number of nitrogens with one attached hydrogen (secondary N) is 1. The van der Waals surface area contributed by atoms with E-state index in [1.165, 1.54) is 16.7 Å². The number of carbonyl (C=O) groups is 3. The monoisotopic (exact) mass is 485 g/mol. The smallest absolute Gasteiger partial charge is 0.250 e. The number of hydrogen-bond acceptors (Lipinski definition) is 7. The molecule has 13 heteroatoms. The largest absolute Gasteiger partial charge is 0.395 e. The molecule has 4 N–H and O–H groups in total. The number of nitrogens with zero attached hydrogens (tertiary/aromatic N) is 3. The number of carbonyl (C=O) groups excluding carboxylic acids is 3. The number of primary amides is 1. The van der Waals surface area contributed by atoms with Crippen molar-refractivity contribution in [3.8, 4) is 0 Å². The lowest BCUT2D eigenvalue weighted by atomic mass is 10.2. The summed E-state index contributed by atoms with van der Waals surface area (Å²) in [5.41, 5.74) is 5.58. The molecule has 2 fully saturated rings. The van der Waals surface area contributed by atoms with Crippen molar-refractivity contribution >= 4 is 33.4 Å². The normalized spacial score (nSPS) is 18.6. The minimum atomic E-state index is -4.55. The van der Waals surface area contributed by atoms with Crippen molar-refractivity contribution in [3.63, 3.8) is 0 Å². The van der Waals surface area contributed by atoms with E-state index in [0.29, 0.717) is 32.6 Å². The van der Waals surface area contributed by atoms with E-state index in [2.05, 4.69) is 0 Å². The Balaban J connectivity index is 1.84. The molecule has 0 aliphatic carbocycles. The van der Waals surface area contributed by atoms with Gasteiger partial charge in [-0.15, -0.1) is 0 Å². The van der Waals surface area contributed by atoms with Crippen LogP contribution in [0.15, 0.2) is 17.0 Å². The van der Waals surface area contributed by atoms with Gasteiger partial charge in [-0.25, -0.2) is 12.8 Å². The quantitative estimate of drug-likeness (QED) is 0.380. The van der Waals surface area contributed by atoms with Gasteiger partial charge in [0, 0.05) is 45.7 Å². The molecule has 0 spiro atoms. The molecular weight excluding hydrogens is 457 g/mol. The van der Waals surface area contributed by atoms with E-state index in [0.717, 1.165) is 12.1 Å². The number of amides is 3. The zero-order chi connectivity index (χ0) is 24.3. The summed E-state index contributed by atoms with van der Waals surface area (Å²) in [6.45, 7) is 3.51. The van der Waals surface area contributed by atoms with Crippen molar-refractivity contribution in [1.82, 2.24) is 14.5 Å². The first-order valence-electron chi connectivity index (χ1n) is 10.6. The van der Waals surface area contributed by atoms with E-state index in [9.17, 15) is 27.2 Å². The number of halogens is 1. The van der Waals surface area contributed by atoms with E-state index in [1.54, 1.807) is 0 Å². The maximum absolute atomic E-state index is 14.3. The first kappa shape index (κ1) is 25.0. The maximum Gasteiger partial charge on any atom is 0.250 e. The molecule has 2 heterocycles. The number of anilines is 1. The van der Waals surface area contributed by atoms with Gasteiger partial charge in [0.1, 0.15) is 5.82 Å². The van der Waals surface area contributed by atoms with Crippen LogP contribution in [0, 0.1) is 12.7 Å². The van der Waals surface area contributed by atoms with Crippen LogP contribution in [0.5, 0.6) is 0 Å². The molecule has 0 bridgehead atoms. The van der Waals surface area contributed by atoms with Crippen LogP contribution in [0.1, 0.15) is 18.4 Å². The molecular formula is C20H28FN5O6S. The maximum atomic E-state index is 14.3. The van der Waals surface area contributed by atoms with Crippen molar-refractivity contribution in [3.05, 3.63) is 23.5 Å². The molecule has 3 rings (SSSR count). The number of β-amino-alcohol motifs (C(OH)–C–C–N with tert-alkyl or cyclic N) is 1. The summed E-state index contributed by atoms with van der Waals surface area (Å²) in [6.07, 6.45) is 0.846. The van der Waals surface area contributed by atoms with Gasteiger partial charge >= 0.3 is 0 Å². The first-order valence-corrected chi connectivity index (χ1v) is 12.1. The molecule has 1 aromatic carbocycles. The van der Waals surface area contributed by atoms with E-state index in [1.807, 2.05) is 9.62 Å². The van der Waals surface area contributed by atoms with Gasteiger partial charge in [0.2, 0.25) is 21.8 Å². The molecule has 0 unspecified atom stereocenters.